The van der Waals surface area contributed by atoms with E-state index >= 15 is 0 Å². The summed E-state index contributed by atoms with van der Waals surface area (Å²) in [7, 11) is 0. The Morgan fingerprint density at radius 1 is 1.00 bits per heavy atom. The zero-order valence-electron chi connectivity index (χ0n) is 13.1. The average molecular weight is 270 g/mol. The third-order valence-corrected chi connectivity index (χ3v) is 4.48. The summed E-state index contributed by atoms with van der Waals surface area (Å²) in [5, 5.41) is 0. The molecule has 1 rings (SSSR count). The van der Waals surface area contributed by atoms with Crippen LogP contribution in [0.2, 0.25) is 0 Å². The molecule has 0 unspecified atom stereocenters. The fourth-order valence-corrected chi connectivity index (χ4v) is 3.24. The first kappa shape index (κ1) is 16.9. The lowest BCUT2D eigenvalue weighted by atomic mass is 9.80. The van der Waals surface area contributed by atoms with Gasteiger partial charge in [-0.2, -0.15) is 0 Å². The van der Waals surface area contributed by atoms with Gasteiger partial charge < -0.3 is 10.5 Å². The molecule has 3 nitrogen and oxygen atoms in total. The Morgan fingerprint density at radius 2 is 1.74 bits per heavy atom. The van der Waals surface area contributed by atoms with E-state index in [1.54, 1.807) is 0 Å². The molecule has 0 heterocycles. The Labute approximate surface area is 119 Å². The van der Waals surface area contributed by atoms with Crippen molar-refractivity contribution in [3.05, 3.63) is 0 Å². The summed E-state index contributed by atoms with van der Waals surface area (Å²) in [4.78, 5) is 2.62. The van der Waals surface area contributed by atoms with Crippen molar-refractivity contribution in [2.24, 2.45) is 5.73 Å². The summed E-state index contributed by atoms with van der Waals surface area (Å²) in [6.07, 6.45) is 10.2. The molecule has 1 aliphatic carbocycles. The molecule has 0 atom stereocenters. The zero-order valence-corrected chi connectivity index (χ0v) is 13.1. The van der Waals surface area contributed by atoms with Crippen LogP contribution in [0.5, 0.6) is 0 Å². The monoisotopic (exact) mass is 270 g/mol. The molecule has 2 N–H and O–H groups in total. The van der Waals surface area contributed by atoms with Crippen LogP contribution in [0.3, 0.4) is 0 Å². The molecule has 19 heavy (non-hydrogen) atoms. The molecule has 0 amide bonds. The number of rotatable bonds is 10. The van der Waals surface area contributed by atoms with Gasteiger partial charge in [0.15, 0.2) is 0 Å². The minimum Gasteiger partial charge on any atom is -0.380 e. The fourth-order valence-electron chi connectivity index (χ4n) is 3.24. The van der Waals surface area contributed by atoms with Gasteiger partial charge in [-0.15, -0.1) is 0 Å². The van der Waals surface area contributed by atoms with Crippen LogP contribution in [0.25, 0.3) is 0 Å². The molecular formula is C16H34N2O. The van der Waals surface area contributed by atoms with E-state index in [-0.39, 0.29) is 5.54 Å². The van der Waals surface area contributed by atoms with Gasteiger partial charge in [-0.25, -0.2) is 0 Å². The van der Waals surface area contributed by atoms with Gasteiger partial charge in [-0.05, 0) is 32.2 Å². The number of unbranched alkanes of at least 4 members (excludes halogenated alkanes) is 1. The van der Waals surface area contributed by atoms with Crippen LogP contribution in [-0.2, 0) is 4.74 Å². The Morgan fingerprint density at radius 3 is 2.32 bits per heavy atom. The van der Waals surface area contributed by atoms with Gasteiger partial charge in [-0.3, -0.25) is 4.90 Å². The second kappa shape index (κ2) is 9.73. The van der Waals surface area contributed by atoms with Gasteiger partial charge in [0.2, 0.25) is 0 Å². The fraction of sp³-hybridized carbons (Fsp3) is 1.00. The normalized spacial score (nSPS) is 18.9. The van der Waals surface area contributed by atoms with Crippen LogP contribution in [0.4, 0.5) is 0 Å². The van der Waals surface area contributed by atoms with E-state index in [2.05, 4.69) is 18.7 Å². The van der Waals surface area contributed by atoms with Gasteiger partial charge in [0, 0.05) is 25.2 Å². The van der Waals surface area contributed by atoms with E-state index in [9.17, 15) is 0 Å². The Bertz CT molecular complexity index is 215. The molecule has 1 saturated carbocycles. The van der Waals surface area contributed by atoms with Crippen LogP contribution in [0.1, 0.15) is 65.2 Å². The van der Waals surface area contributed by atoms with E-state index < -0.39 is 0 Å². The predicted octanol–water partition coefficient (Wildman–Crippen LogP) is 3.18. The lowest BCUT2D eigenvalue weighted by Crippen LogP contribution is -2.56. The van der Waals surface area contributed by atoms with Crippen LogP contribution in [0.15, 0.2) is 0 Å². The highest BCUT2D eigenvalue weighted by atomic mass is 16.5. The van der Waals surface area contributed by atoms with Crippen molar-refractivity contribution in [2.75, 3.05) is 32.8 Å². The number of hydrogen-bond donors (Lipinski definition) is 1. The molecule has 0 radical (unpaired) electrons. The Balaban J connectivity index is 2.44. The second-order valence-electron chi connectivity index (χ2n) is 5.94. The van der Waals surface area contributed by atoms with Crippen molar-refractivity contribution in [3.8, 4) is 0 Å². The number of ether oxygens (including phenoxy) is 1. The Hall–Kier alpha value is -0.120. The van der Waals surface area contributed by atoms with E-state index in [0.29, 0.717) is 0 Å². The van der Waals surface area contributed by atoms with Gasteiger partial charge >= 0.3 is 0 Å². The minimum atomic E-state index is 0.266. The Kier molecular flexibility index (Phi) is 8.67. The maximum Gasteiger partial charge on any atom is 0.0593 e. The molecule has 0 bridgehead atoms. The van der Waals surface area contributed by atoms with Crippen molar-refractivity contribution in [3.63, 3.8) is 0 Å². The molecule has 0 spiro atoms. The molecule has 114 valence electrons. The summed E-state index contributed by atoms with van der Waals surface area (Å²) >= 11 is 0. The topological polar surface area (TPSA) is 38.5 Å². The average Bonchev–Trinajstić information content (AvgIpc) is 2.46. The number of nitrogens with two attached hydrogens (primary N) is 1. The van der Waals surface area contributed by atoms with Crippen LogP contribution in [0, 0.1) is 0 Å². The molecule has 3 heteroatoms. The number of nitrogens with zero attached hydrogens (tertiary/aromatic N) is 1. The molecule has 0 aromatic rings. The SMILES string of the molecule is CCCCOCCN(CCC)C1(CN)CCCCC1. The lowest BCUT2D eigenvalue weighted by molar-refractivity contribution is 0.0227. The molecule has 0 aromatic heterocycles. The number of hydrogen-bond acceptors (Lipinski definition) is 3. The van der Waals surface area contributed by atoms with Crippen molar-refractivity contribution >= 4 is 0 Å². The largest absolute Gasteiger partial charge is 0.380 e. The highest BCUT2D eigenvalue weighted by Gasteiger charge is 2.35. The summed E-state index contributed by atoms with van der Waals surface area (Å²) in [6, 6.07) is 0. The molecular weight excluding hydrogens is 236 g/mol. The van der Waals surface area contributed by atoms with Gasteiger partial charge in [0.05, 0.1) is 6.61 Å². The molecule has 0 saturated heterocycles. The molecule has 0 aromatic carbocycles. The molecule has 0 aliphatic heterocycles. The standard InChI is InChI=1S/C16H34N2O/c1-3-5-13-19-14-12-18(11-4-2)16(15-17)9-7-6-8-10-16/h3-15,17H2,1-2H3. The minimum absolute atomic E-state index is 0.266. The quantitative estimate of drug-likeness (QED) is 0.620. The summed E-state index contributed by atoms with van der Waals surface area (Å²) < 4.78 is 5.75. The summed E-state index contributed by atoms with van der Waals surface area (Å²) in [6.45, 7) is 9.26. The van der Waals surface area contributed by atoms with Crippen molar-refractivity contribution in [2.45, 2.75) is 70.8 Å². The predicted molar refractivity (Wildman–Crippen MR) is 82.5 cm³/mol. The van der Waals surface area contributed by atoms with E-state index in [1.807, 2.05) is 0 Å². The highest BCUT2D eigenvalue weighted by Crippen LogP contribution is 2.32. The first-order valence-electron chi connectivity index (χ1n) is 8.32. The zero-order chi connectivity index (χ0) is 14.0. The van der Waals surface area contributed by atoms with Gasteiger partial charge in [-0.1, -0.05) is 39.5 Å². The van der Waals surface area contributed by atoms with E-state index in [0.717, 1.165) is 32.8 Å². The maximum absolute atomic E-state index is 6.14. The van der Waals surface area contributed by atoms with Crippen molar-refractivity contribution < 1.29 is 4.74 Å². The summed E-state index contributed by atoms with van der Waals surface area (Å²) in [5.41, 5.74) is 6.41. The van der Waals surface area contributed by atoms with E-state index in [4.69, 9.17) is 10.5 Å². The lowest BCUT2D eigenvalue weighted by Gasteiger charge is -2.46. The van der Waals surface area contributed by atoms with Crippen LogP contribution >= 0.6 is 0 Å². The van der Waals surface area contributed by atoms with Crippen LogP contribution < -0.4 is 5.73 Å². The van der Waals surface area contributed by atoms with Crippen molar-refractivity contribution in [1.29, 1.82) is 0 Å². The second-order valence-corrected chi connectivity index (χ2v) is 5.94. The van der Waals surface area contributed by atoms with Gasteiger partial charge in [0.25, 0.3) is 0 Å². The molecule has 1 aliphatic rings. The van der Waals surface area contributed by atoms with Crippen molar-refractivity contribution in [1.82, 2.24) is 4.90 Å². The maximum atomic E-state index is 6.14. The third-order valence-electron chi connectivity index (χ3n) is 4.48. The first-order chi connectivity index (χ1) is 9.29. The first-order valence-corrected chi connectivity index (χ1v) is 8.32. The highest BCUT2D eigenvalue weighted by molar-refractivity contribution is 4.94. The van der Waals surface area contributed by atoms with Crippen LogP contribution in [-0.4, -0.2) is 43.3 Å². The molecule has 1 fully saturated rings. The summed E-state index contributed by atoms with van der Waals surface area (Å²) in [5.74, 6) is 0. The van der Waals surface area contributed by atoms with E-state index in [1.165, 1.54) is 51.4 Å². The third kappa shape index (κ3) is 5.41. The van der Waals surface area contributed by atoms with Gasteiger partial charge in [0.1, 0.15) is 0 Å². The smallest absolute Gasteiger partial charge is 0.0593 e.